The smallest absolute Gasteiger partial charge is 0.384 e. The van der Waals surface area contributed by atoms with Crippen LogP contribution in [0, 0.1) is 0 Å². The Bertz CT molecular complexity index is 494. The molecule has 0 aromatic carbocycles. The highest BCUT2D eigenvalue weighted by Gasteiger charge is 2.37. The molecule has 0 fully saturated rings. The molecule has 1 aromatic heterocycles. The van der Waals surface area contributed by atoms with Gasteiger partial charge in [0.2, 0.25) is 0 Å². The average Bonchev–Trinajstić information content (AvgIpc) is 2.44. The number of aromatic nitrogens is 1. The molecule has 0 unspecified atom stereocenters. The second-order valence-corrected chi connectivity index (χ2v) is 4.84. The van der Waals surface area contributed by atoms with Crippen molar-refractivity contribution >= 4 is 11.8 Å². The van der Waals surface area contributed by atoms with E-state index in [-0.39, 0.29) is 13.1 Å². The van der Waals surface area contributed by atoms with Crippen molar-refractivity contribution in [2.24, 2.45) is 0 Å². The summed E-state index contributed by atoms with van der Waals surface area (Å²) in [6.45, 7) is -0.0882. The SMILES string of the molecule is CN(C)c1ncccc1CNC(=O)NCC[C@H](O)C(F)(F)F. The molecular weight excluding hydrogens is 301 g/mol. The van der Waals surface area contributed by atoms with E-state index in [1.165, 1.54) is 0 Å². The molecule has 1 rings (SSSR count). The van der Waals surface area contributed by atoms with E-state index in [1.807, 2.05) is 14.1 Å². The fourth-order valence-corrected chi connectivity index (χ4v) is 1.70. The van der Waals surface area contributed by atoms with E-state index in [1.54, 1.807) is 23.2 Å². The summed E-state index contributed by atoms with van der Waals surface area (Å²) >= 11 is 0. The van der Waals surface area contributed by atoms with Gasteiger partial charge in [0, 0.05) is 38.9 Å². The number of alkyl halides is 3. The van der Waals surface area contributed by atoms with Gasteiger partial charge in [0.15, 0.2) is 6.10 Å². The minimum atomic E-state index is -4.67. The third-order valence-corrected chi connectivity index (χ3v) is 2.81. The first-order chi connectivity index (χ1) is 10.2. The third-order valence-electron chi connectivity index (χ3n) is 2.81. The van der Waals surface area contributed by atoms with Gasteiger partial charge in [0.05, 0.1) is 0 Å². The zero-order valence-electron chi connectivity index (χ0n) is 12.3. The van der Waals surface area contributed by atoms with Gasteiger partial charge >= 0.3 is 12.2 Å². The maximum Gasteiger partial charge on any atom is 0.414 e. The summed E-state index contributed by atoms with van der Waals surface area (Å²) in [5.74, 6) is 0.690. The first-order valence-electron chi connectivity index (χ1n) is 6.59. The van der Waals surface area contributed by atoms with Crippen molar-refractivity contribution in [1.82, 2.24) is 15.6 Å². The molecule has 0 radical (unpaired) electrons. The van der Waals surface area contributed by atoms with E-state index in [0.29, 0.717) is 5.82 Å². The minimum absolute atomic E-state index is 0.189. The number of urea groups is 1. The molecule has 1 aromatic rings. The largest absolute Gasteiger partial charge is 0.414 e. The number of hydrogen-bond acceptors (Lipinski definition) is 4. The minimum Gasteiger partial charge on any atom is -0.384 e. The van der Waals surface area contributed by atoms with Crippen molar-refractivity contribution in [3.05, 3.63) is 23.9 Å². The van der Waals surface area contributed by atoms with Crippen molar-refractivity contribution in [1.29, 1.82) is 0 Å². The highest BCUT2D eigenvalue weighted by Crippen LogP contribution is 2.21. The number of aliphatic hydroxyl groups excluding tert-OH is 1. The molecule has 0 aliphatic rings. The molecule has 3 N–H and O–H groups in total. The van der Waals surface area contributed by atoms with Crippen LogP contribution in [0.1, 0.15) is 12.0 Å². The molecular formula is C13H19F3N4O2. The van der Waals surface area contributed by atoms with Crippen LogP contribution >= 0.6 is 0 Å². The number of halogens is 3. The molecule has 1 atom stereocenters. The van der Waals surface area contributed by atoms with Crippen molar-refractivity contribution in [2.45, 2.75) is 25.2 Å². The van der Waals surface area contributed by atoms with E-state index >= 15 is 0 Å². The van der Waals surface area contributed by atoms with Crippen LogP contribution in [0.4, 0.5) is 23.8 Å². The Morgan fingerprint density at radius 2 is 2.09 bits per heavy atom. The lowest BCUT2D eigenvalue weighted by Gasteiger charge is -2.17. The van der Waals surface area contributed by atoms with Gasteiger partial charge in [-0.2, -0.15) is 13.2 Å². The number of carbonyl (C=O) groups excluding carboxylic acids is 1. The summed E-state index contributed by atoms with van der Waals surface area (Å²) in [7, 11) is 3.62. The number of nitrogens with one attached hydrogen (secondary N) is 2. The van der Waals surface area contributed by atoms with E-state index in [0.717, 1.165) is 5.56 Å². The molecule has 0 aliphatic heterocycles. The summed E-state index contributed by atoms with van der Waals surface area (Å²) in [6.07, 6.45) is -6.08. The number of rotatable bonds is 6. The lowest BCUT2D eigenvalue weighted by molar-refractivity contribution is -0.204. The van der Waals surface area contributed by atoms with Crippen LogP contribution < -0.4 is 15.5 Å². The molecule has 9 heteroatoms. The second kappa shape index (κ2) is 7.83. The maximum absolute atomic E-state index is 12.1. The lowest BCUT2D eigenvalue weighted by Crippen LogP contribution is -2.39. The van der Waals surface area contributed by atoms with Crippen LogP contribution in [0.3, 0.4) is 0 Å². The van der Waals surface area contributed by atoms with E-state index in [4.69, 9.17) is 5.11 Å². The Morgan fingerprint density at radius 1 is 1.41 bits per heavy atom. The van der Waals surface area contributed by atoms with Gasteiger partial charge in [-0.05, 0) is 12.5 Å². The fourth-order valence-electron chi connectivity index (χ4n) is 1.70. The van der Waals surface area contributed by atoms with E-state index < -0.39 is 24.7 Å². The molecule has 1 heterocycles. The van der Waals surface area contributed by atoms with Gasteiger partial charge in [0.25, 0.3) is 0 Å². The summed E-state index contributed by atoms with van der Waals surface area (Å²) < 4.78 is 36.2. The first-order valence-corrected chi connectivity index (χ1v) is 6.59. The van der Waals surface area contributed by atoms with Crippen molar-refractivity contribution in [3.63, 3.8) is 0 Å². The molecule has 0 bridgehead atoms. The van der Waals surface area contributed by atoms with Gasteiger partial charge in [-0.1, -0.05) is 6.07 Å². The topological polar surface area (TPSA) is 77.5 Å². The Kier molecular flexibility index (Phi) is 6.41. The molecule has 0 aliphatic carbocycles. The number of pyridine rings is 1. The second-order valence-electron chi connectivity index (χ2n) is 4.84. The van der Waals surface area contributed by atoms with Gasteiger partial charge in [-0.25, -0.2) is 9.78 Å². The normalized spacial score (nSPS) is 12.6. The lowest BCUT2D eigenvalue weighted by atomic mass is 10.2. The van der Waals surface area contributed by atoms with Crippen molar-refractivity contribution < 1.29 is 23.1 Å². The zero-order valence-corrected chi connectivity index (χ0v) is 12.3. The number of aliphatic hydroxyl groups is 1. The van der Waals surface area contributed by atoms with Crippen LogP contribution in [-0.4, -0.2) is 49.0 Å². The summed E-state index contributed by atoms with van der Waals surface area (Å²) in [4.78, 5) is 17.5. The molecule has 0 saturated carbocycles. The molecule has 0 spiro atoms. The van der Waals surface area contributed by atoms with Crippen LogP contribution in [0.2, 0.25) is 0 Å². The van der Waals surface area contributed by atoms with Crippen LogP contribution in [0.15, 0.2) is 18.3 Å². The quantitative estimate of drug-likeness (QED) is 0.737. The summed E-state index contributed by atoms with van der Waals surface area (Å²) in [6, 6.07) is 2.90. The zero-order chi connectivity index (χ0) is 16.8. The monoisotopic (exact) mass is 320 g/mol. The number of hydrogen-bond donors (Lipinski definition) is 3. The number of nitrogens with zero attached hydrogens (tertiary/aromatic N) is 2. The number of carbonyl (C=O) groups is 1. The predicted octanol–water partition coefficient (Wildman–Crippen LogP) is 1.26. The van der Waals surface area contributed by atoms with E-state index in [2.05, 4.69) is 15.6 Å². The Balaban J connectivity index is 2.38. The molecule has 0 saturated heterocycles. The molecule has 6 nitrogen and oxygen atoms in total. The van der Waals surface area contributed by atoms with Crippen molar-refractivity contribution in [3.8, 4) is 0 Å². The first kappa shape index (κ1) is 18.0. The highest BCUT2D eigenvalue weighted by atomic mass is 19.4. The van der Waals surface area contributed by atoms with Crippen LogP contribution in [-0.2, 0) is 6.54 Å². The number of amides is 2. The van der Waals surface area contributed by atoms with Crippen LogP contribution in [0.25, 0.3) is 0 Å². The highest BCUT2D eigenvalue weighted by molar-refractivity contribution is 5.74. The Hall–Kier alpha value is -2.03. The maximum atomic E-state index is 12.1. The Labute approximate surface area is 126 Å². The van der Waals surface area contributed by atoms with Crippen molar-refractivity contribution in [2.75, 3.05) is 25.5 Å². The third kappa shape index (κ3) is 5.76. The molecule has 124 valence electrons. The summed E-state index contributed by atoms with van der Waals surface area (Å²) in [5, 5.41) is 13.6. The fraction of sp³-hybridized carbons (Fsp3) is 0.538. The van der Waals surface area contributed by atoms with E-state index in [9.17, 15) is 18.0 Å². The molecule has 2 amide bonds. The Morgan fingerprint density at radius 3 is 2.68 bits per heavy atom. The average molecular weight is 320 g/mol. The standard InChI is InChI=1S/C13H19F3N4O2/c1-20(2)11-9(4-3-6-17-11)8-19-12(22)18-7-5-10(21)13(14,15)16/h3-4,6,10,21H,5,7-8H2,1-2H3,(H2,18,19,22)/t10-/m0/s1. The predicted molar refractivity (Wildman–Crippen MR) is 75.5 cm³/mol. The van der Waals surface area contributed by atoms with Gasteiger partial charge < -0.3 is 20.6 Å². The number of anilines is 1. The van der Waals surface area contributed by atoms with Gasteiger partial charge in [-0.15, -0.1) is 0 Å². The van der Waals surface area contributed by atoms with Crippen LogP contribution in [0.5, 0.6) is 0 Å². The van der Waals surface area contributed by atoms with Gasteiger partial charge in [0.1, 0.15) is 5.82 Å². The van der Waals surface area contributed by atoms with Gasteiger partial charge in [-0.3, -0.25) is 0 Å². The summed E-state index contributed by atoms with van der Waals surface area (Å²) in [5.41, 5.74) is 0.776. The molecule has 22 heavy (non-hydrogen) atoms.